The van der Waals surface area contributed by atoms with Gasteiger partial charge in [0.25, 0.3) is 0 Å². The van der Waals surface area contributed by atoms with Crippen molar-refractivity contribution in [2.45, 2.75) is 39.2 Å². The number of aryl methyl sites for hydroxylation is 2. The topological polar surface area (TPSA) is 20.2 Å². The lowest BCUT2D eigenvalue weighted by Crippen LogP contribution is -2.08. The van der Waals surface area contributed by atoms with E-state index in [4.69, 9.17) is 5.11 Å². The van der Waals surface area contributed by atoms with Gasteiger partial charge in [-0.05, 0) is 48.8 Å². The second-order valence-corrected chi connectivity index (χ2v) is 9.19. The van der Waals surface area contributed by atoms with Gasteiger partial charge < -0.3 is 5.11 Å². The predicted molar refractivity (Wildman–Crippen MR) is 73.6 cm³/mol. The van der Waals surface area contributed by atoms with E-state index >= 15 is 0 Å². The van der Waals surface area contributed by atoms with Gasteiger partial charge in [0.1, 0.15) is 0 Å². The van der Waals surface area contributed by atoms with Gasteiger partial charge in [-0.2, -0.15) is 11.3 Å². The molecule has 0 aliphatic carbocycles. The van der Waals surface area contributed by atoms with Crippen molar-refractivity contribution in [2.24, 2.45) is 0 Å². The van der Waals surface area contributed by atoms with E-state index in [-0.39, 0.29) is 0 Å². The summed E-state index contributed by atoms with van der Waals surface area (Å²) in [7, 11) is -0.394. The van der Waals surface area contributed by atoms with Crippen molar-refractivity contribution >= 4 is 35.7 Å². The molecule has 0 unspecified atom stereocenters. The van der Waals surface area contributed by atoms with Gasteiger partial charge in [-0.25, -0.2) is 0 Å². The van der Waals surface area contributed by atoms with E-state index in [0.29, 0.717) is 6.61 Å². The van der Waals surface area contributed by atoms with Crippen LogP contribution in [-0.4, -0.2) is 25.4 Å². The van der Waals surface area contributed by atoms with Gasteiger partial charge in [-0.3, -0.25) is 0 Å². The van der Waals surface area contributed by atoms with Gasteiger partial charge in [0.15, 0.2) is 0 Å². The highest BCUT2D eigenvalue weighted by Crippen LogP contribution is 2.22. The third-order valence-corrected chi connectivity index (χ3v) is 8.37. The van der Waals surface area contributed by atoms with Crippen molar-refractivity contribution in [3.05, 3.63) is 14.5 Å². The van der Waals surface area contributed by atoms with E-state index in [2.05, 4.69) is 29.8 Å². The Morgan fingerprint density at radius 1 is 1.33 bits per heavy atom. The van der Waals surface area contributed by atoms with Crippen LogP contribution in [0.25, 0.3) is 0 Å². The summed E-state index contributed by atoms with van der Waals surface area (Å²) in [5, 5.41) is 11.7. The minimum atomic E-state index is -0.394. The smallest absolute Gasteiger partial charge is 0.0578 e. The molecule has 4 heteroatoms. The average molecular weight is 307 g/mol. The van der Waals surface area contributed by atoms with E-state index in [1.54, 1.807) is 9.66 Å². The molecule has 0 amide bonds. The van der Waals surface area contributed by atoms with Crippen LogP contribution in [-0.2, 0) is 12.5 Å². The van der Waals surface area contributed by atoms with Crippen molar-refractivity contribution in [1.29, 1.82) is 0 Å². The van der Waals surface area contributed by atoms with Gasteiger partial charge in [-0.1, -0.05) is 15.9 Å². The van der Waals surface area contributed by atoms with Crippen LogP contribution in [0.5, 0.6) is 0 Å². The summed E-state index contributed by atoms with van der Waals surface area (Å²) in [4.78, 5) is 1.52. The molecule has 0 bridgehead atoms. The fraction of sp³-hybridized carbons (Fsp3) is 0.727. The van der Waals surface area contributed by atoms with Crippen LogP contribution in [0.15, 0.2) is 0 Å². The Labute approximate surface area is 106 Å². The molecular weight excluding hydrogens is 288 g/mol. The fourth-order valence-electron chi connectivity index (χ4n) is 1.93. The first-order chi connectivity index (χ1) is 7.20. The number of aliphatic hydroxyl groups is 1. The molecule has 1 nitrogen and oxygen atoms in total. The molecule has 1 aromatic rings. The summed E-state index contributed by atoms with van der Waals surface area (Å²) in [6.07, 6.45) is 3.33. The molecule has 0 saturated heterocycles. The van der Waals surface area contributed by atoms with Crippen molar-refractivity contribution in [2.75, 3.05) is 11.9 Å². The highest BCUT2D eigenvalue weighted by molar-refractivity contribution is 9.09. The highest BCUT2D eigenvalue weighted by Gasteiger charge is 2.12. The van der Waals surface area contributed by atoms with Crippen LogP contribution < -0.4 is 0 Å². The molecule has 1 aromatic heterocycles. The lowest BCUT2D eigenvalue weighted by molar-refractivity contribution is 0.289. The molecule has 0 saturated carbocycles. The zero-order chi connectivity index (χ0) is 11.3. The number of hydrogen-bond donors (Lipinski definition) is 1. The van der Waals surface area contributed by atoms with Crippen molar-refractivity contribution in [3.63, 3.8) is 0 Å². The second kappa shape index (κ2) is 6.94. The second-order valence-electron chi connectivity index (χ2n) is 3.79. The standard InChI is InChI=1S/C11H19BrOSSi/c1-9-11(5-3-7-13)15(8-4-6-12)10(2)14-9/h13H,3-8H2,1-2H3. The molecule has 0 aliphatic heterocycles. The van der Waals surface area contributed by atoms with E-state index in [1.807, 2.05) is 11.3 Å². The van der Waals surface area contributed by atoms with Crippen LogP contribution in [0.3, 0.4) is 0 Å². The SMILES string of the molecule is Cc1sc(C)[si](CCCBr)c1CCCO. The molecule has 0 spiro atoms. The van der Waals surface area contributed by atoms with Crippen molar-refractivity contribution < 1.29 is 5.11 Å². The Morgan fingerprint density at radius 2 is 2.07 bits per heavy atom. The lowest BCUT2D eigenvalue weighted by Gasteiger charge is -2.04. The predicted octanol–water partition coefficient (Wildman–Crippen LogP) is 3.10. The van der Waals surface area contributed by atoms with Crippen molar-refractivity contribution in [3.8, 4) is 0 Å². The molecule has 1 heterocycles. The molecule has 1 rings (SSSR count). The summed E-state index contributed by atoms with van der Waals surface area (Å²) in [5.41, 5.74) is 0. The van der Waals surface area contributed by atoms with Gasteiger partial charge >= 0.3 is 0 Å². The van der Waals surface area contributed by atoms with Crippen molar-refractivity contribution in [1.82, 2.24) is 0 Å². The third kappa shape index (κ3) is 3.77. The molecule has 0 fully saturated rings. The first-order valence-electron chi connectivity index (χ1n) is 5.45. The van der Waals surface area contributed by atoms with Crippen LogP contribution in [0, 0.1) is 13.8 Å². The summed E-state index contributed by atoms with van der Waals surface area (Å²) >= 11 is 5.49. The molecule has 1 N–H and O–H groups in total. The van der Waals surface area contributed by atoms with Crippen LogP contribution in [0.1, 0.15) is 27.4 Å². The Balaban J connectivity index is 2.80. The molecule has 86 valence electrons. The summed E-state index contributed by atoms with van der Waals surface area (Å²) in [5.74, 6) is 0. The Bertz CT molecular complexity index is 283. The van der Waals surface area contributed by atoms with Gasteiger partial charge in [0, 0.05) is 16.8 Å². The lowest BCUT2D eigenvalue weighted by atomic mass is 10.3. The number of aliphatic hydroxyl groups excluding tert-OH is 1. The maximum atomic E-state index is 8.91. The zero-order valence-corrected chi connectivity index (χ0v) is 12.9. The largest absolute Gasteiger partial charge is 0.396 e. The fourth-order valence-corrected chi connectivity index (χ4v) is 8.08. The molecule has 0 aliphatic rings. The molecule has 15 heavy (non-hydrogen) atoms. The number of hydrogen-bond acceptors (Lipinski definition) is 2. The van der Waals surface area contributed by atoms with Gasteiger partial charge in [-0.15, -0.1) is 0 Å². The Kier molecular flexibility index (Phi) is 6.27. The minimum absolute atomic E-state index is 0.327. The normalized spacial score (nSPS) is 10.9. The summed E-state index contributed by atoms with van der Waals surface area (Å²) in [6, 6.07) is 1.35. The van der Waals surface area contributed by atoms with E-state index in [9.17, 15) is 0 Å². The first-order valence-corrected chi connectivity index (χ1v) is 9.09. The number of halogens is 1. The number of rotatable bonds is 6. The molecule has 0 aromatic carbocycles. The van der Waals surface area contributed by atoms with E-state index in [0.717, 1.165) is 18.2 Å². The summed E-state index contributed by atoms with van der Waals surface area (Å²) in [6.45, 7) is 4.86. The average Bonchev–Trinajstić information content (AvgIpc) is 2.47. The van der Waals surface area contributed by atoms with Crippen LogP contribution in [0.4, 0.5) is 0 Å². The quantitative estimate of drug-likeness (QED) is 0.632. The van der Waals surface area contributed by atoms with E-state index in [1.165, 1.54) is 17.3 Å². The minimum Gasteiger partial charge on any atom is -0.396 e. The van der Waals surface area contributed by atoms with Gasteiger partial charge in [0.2, 0.25) is 0 Å². The molecule has 0 radical (unpaired) electrons. The molecular formula is C11H19BrOSSi. The maximum Gasteiger partial charge on any atom is 0.0578 e. The molecule has 0 atom stereocenters. The van der Waals surface area contributed by atoms with Crippen LogP contribution in [0.2, 0.25) is 0 Å². The summed E-state index contributed by atoms with van der Waals surface area (Å²) < 4.78 is 1.64. The zero-order valence-electron chi connectivity index (χ0n) is 9.48. The third-order valence-electron chi connectivity index (χ3n) is 2.67. The maximum absolute atomic E-state index is 8.91. The van der Waals surface area contributed by atoms with Gasteiger partial charge in [0.05, 0.1) is 8.40 Å². The monoisotopic (exact) mass is 306 g/mol. The first kappa shape index (κ1) is 13.6. The Hall–Kier alpha value is 0.487. The van der Waals surface area contributed by atoms with Crippen LogP contribution >= 0.6 is 27.3 Å². The number of alkyl halides is 1. The van der Waals surface area contributed by atoms with E-state index < -0.39 is 8.40 Å². The highest BCUT2D eigenvalue weighted by atomic mass is 79.9. The Morgan fingerprint density at radius 3 is 2.67 bits per heavy atom.